The standard InChI is InChI=1S/C21H27NO4/c23-14-5-4-13-10-16-21(25)7-6-15(24)19-20(21,17(13)18(14)26-19)8-9-22(16)11-12-2-1-3-12/h4-5,12,15-16,19,23-25H,1-3,6-11H2/t15-,16+,19-,20-,21+/m0/s1/i1+1,2+1,3+1,11+1,12+1. The van der Waals surface area contributed by atoms with Crippen LogP contribution in [0.4, 0.5) is 0 Å². The molecule has 5 aliphatic rings. The topological polar surface area (TPSA) is 73.2 Å². The van der Waals surface area contributed by atoms with E-state index < -0.39 is 23.2 Å². The summed E-state index contributed by atoms with van der Waals surface area (Å²) < 4.78 is 6.16. The highest BCUT2D eigenvalue weighted by atomic mass is 16.5. The molecule has 0 amide bonds. The molecule has 3 aliphatic carbocycles. The summed E-state index contributed by atoms with van der Waals surface area (Å²) in [6.45, 7) is 2.02. The molecule has 6 rings (SSSR count). The molecule has 5 atom stereocenters. The lowest BCUT2D eigenvalue weighted by atomic mass is 9.49. The fourth-order valence-electron chi connectivity index (χ4n) is 6.83. The second kappa shape index (κ2) is 4.94. The van der Waals surface area contributed by atoms with Crippen molar-refractivity contribution in [2.75, 3.05) is 13.1 Å². The number of hydrogen-bond acceptors (Lipinski definition) is 5. The van der Waals surface area contributed by atoms with Gasteiger partial charge in [-0.25, -0.2) is 0 Å². The van der Waals surface area contributed by atoms with Crippen LogP contribution in [0.25, 0.3) is 0 Å². The first-order chi connectivity index (χ1) is 12.5. The van der Waals surface area contributed by atoms with E-state index in [1.54, 1.807) is 6.07 Å². The molecule has 1 aromatic rings. The van der Waals surface area contributed by atoms with Gasteiger partial charge in [0.25, 0.3) is 0 Å². The molecule has 2 heterocycles. The van der Waals surface area contributed by atoms with Crippen LogP contribution in [0.5, 0.6) is 11.5 Å². The maximum absolute atomic E-state index is 12.1. The maximum Gasteiger partial charge on any atom is 0.165 e. The monoisotopic (exact) mass is 362 g/mol. The summed E-state index contributed by atoms with van der Waals surface area (Å²) in [5.41, 5.74) is 0.712. The summed E-state index contributed by atoms with van der Waals surface area (Å²) >= 11 is 0. The average molecular weight is 362 g/mol. The first-order valence-electron chi connectivity index (χ1n) is 10.2. The Hall–Kier alpha value is -1.30. The van der Waals surface area contributed by atoms with E-state index in [0.29, 0.717) is 18.6 Å². The average Bonchev–Trinajstić information content (AvgIpc) is 2.93. The second-order valence-corrected chi connectivity index (χ2v) is 9.25. The number of piperidine rings is 1. The Morgan fingerprint density at radius 3 is 2.81 bits per heavy atom. The van der Waals surface area contributed by atoms with Crippen LogP contribution in [0.1, 0.15) is 49.7 Å². The number of nitrogens with zero attached hydrogens (tertiary/aromatic N) is 1. The lowest BCUT2D eigenvalue weighted by Crippen LogP contribution is -2.77. The van der Waals surface area contributed by atoms with E-state index in [2.05, 4.69) is 4.90 Å². The molecule has 5 heteroatoms. The molecule has 3 N–H and O–H groups in total. The Morgan fingerprint density at radius 1 is 1.19 bits per heavy atom. The fraction of sp³-hybridized carbons (Fsp3) is 0.714. The molecule has 0 unspecified atom stereocenters. The fourth-order valence-corrected chi connectivity index (χ4v) is 6.83. The molecule has 1 saturated heterocycles. The van der Waals surface area contributed by atoms with Crippen molar-refractivity contribution in [2.45, 2.75) is 74.2 Å². The minimum atomic E-state index is -0.884. The number of aliphatic hydroxyl groups excluding tert-OH is 1. The zero-order chi connectivity index (χ0) is 17.7. The highest BCUT2D eigenvalue weighted by Crippen LogP contribution is 2.65. The number of aliphatic hydroxyl groups is 2. The van der Waals surface area contributed by atoms with Gasteiger partial charge < -0.3 is 20.1 Å². The largest absolute Gasteiger partial charge is 0.504 e. The summed E-state index contributed by atoms with van der Waals surface area (Å²) in [5.74, 6) is 1.42. The Labute approximate surface area is 153 Å². The van der Waals surface area contributed by atoms with Gasteiger partial charge in [0.15, 0.2) is 11.5 Å². The minimum absolute atomic E-state index is 0.0819. The van der Waals surface area contributed by atoms with Crippen molar-refractivity contribution in [1.29, 1.82) is 0 Å². The van der Waals surface area contributed by atoms with Crippen molar-refractivity contribution < 1.29 is 20.1 Å². The second-order valence-electron chi connectivity index (χ2n) is 9.25. The summed E-state index contributed by atoms with van der Waals surface area (Å²) in [6, 6.07) is 3.80. The van der Waals surface area contributed by atoms with E-state index in [4.69, 9.17) is 4.74 Å². The Bertz CT molecular complexity index is 778. The van der Waals surface area contributed by atoms with Crippen molar-refractivity contribution >= 4 is 0 Å². The number of ether oxygens (including phenoxy) is 1. The Kier molecular flexibility index (Phi) is 2.99. The third-order valence-corrected chi connectivity index (χ3v) is 8.26. The number of phenols is 1. The van der Waals surface area contributed by atoms with E-state index in [1.165, 1.54) is 24.8 Å². The molecule has 0 aromatic heterocycles. The van der Waals surface area contributed by atoms with E-state index in [-0.39, 0.29) is 11.8 Å². The molecule has 26 heavy (non-hydrogen) atoms. The molecule has 5 nitrogen and oxygen atoms in total. The highest BCUT2D eigenvalue weighted by Gasteiger charge is 2.72. The van der Waals surface area contributed by atoms with Crippen molar-refractivity contribution in [3.05, 3.63) is 23.3 Å². The van der Waals surface area contributed by atoms with E-state index in [0.717, 1.165) is 37.4 Å². The molecular formula is C21H27NO4. The van der Waals surface area contributed by atoms with Gasteiger partial charge in [-0.05, 0) is 62.6 Å². The number of hydrogen-bond donors (Lipinski definition) is 3. The Morgan fingerprint density at radius 2 is 2.04 bits per heavy atom. The van der Waals surface area contributed by atoms with Gasteiger partial charge in [-0.1, -0.05) is 12.5 Å². The first kappa shape index (κ1) is 15.7. The molecule has 3 fully saturated rings. The van der Waals surface area contributed by atoms with Crippen LogP contribution in [0.2, 0.25) is 0 Å². The maximum atomic E-state index is 12.1. The summed E-state index contributed by atoms with van der Waals surface area (Å²) in [6.07, 6.45) is 5.68. The SMILES string of the molecule is Oc1ccc2c3c1O[C@H]1[C@@H](O)CC[C@@]4(O)[C@@H](C2)N([13CH2][13CH]2[13CH2][13CH2][13CH2]2)CC[C@]314. The van der Waals surface area contributed by atoms with Crippen LogP contribution in [0, 0.1) is 5.92 Å². The molecule has 2 saturated carbocycles. The Balaban J connectivity index is 1.52. The van der Waals surface area contributed by atoms with Gasteiger partial charge in [-0.2, -0.15) is 0 Å². The number of benzene rings is 1. The lowest BCUT2D eigenvalue weighted by Gasteiger charge is -2.64. The van der Waals surface area contributed by atoms with Gasteiger partial charge in [0.2, 0.25) is 0 Å². The van der Waals surface area contributed by atoms with Gasteiger partial charge >= 0.3 is 0 Å². The van der Waals surface area contributed by atoms with Crippen LogP contribution in [-0.4, -0.2) is 57.2 Å². The quantitative estimate of drug-likeness (QED) is 0.699. The van der Waals surface area contributed by atoms with Crippen LogP contribution in [0.3, 0.4) is 0 Å². The van der Waals surface area contributed by atoms with Gasteiger partial charge in [0, 0.05) is 18.2 Å². The zero-order valence-electron chi connectivity index (χ0n) is 15.0. The smallest absolute Gasteiger partial charge is 0.165 e. The highest BCUT2D eigenvalue weighted by molar-refractivity contribution is 5.62. The van der Waals surface area contributed by atoms with Crippen LogP contribution in [0.15, 0.2) is 12.1 Å². The predicted octanol–water partition coefficient (Wildman–Crippen LogP) is 1.71. The third-order valence-electron chi connectivity index (χ3n) is 8.26. The molecule has 2 aliphatic heterocycles. The number of aromatic hydroxyl groups is 1. The van der Waals surface area contributed by atoms with Gasteiger partial charge in [0.1, 0.15) is 6.10 Å². The first-order valence-corrected chi connectivity index (χ1v) is 10.2. The molecule has 1 aromatic carbocycles. The van der Waals surface area contributed by atoms with E-state index >= 15 is 0 Å². The molecule has 2 bridgehead atoms. The van der Waals surface area contributed by atoms with E-state index in [9.17, 15) is 15.3 Å². The minimum Gasteiger partial charge on any atom is -0.504 e. The molecule has 1 spiro atoms. The van der Waals surface area contributed by atoms with E-state index in [1.807, 2.05) is 6.07 Å². The molecular weight excluding hydrogens is 335 g/mol. The number of rotatable bonds is 2. The third kappa shape index (κ3) is 1.64. The molecule has 0 radical (unpaired) electrons. The number of likely N-dealkylation sites (tertiary alicyclic amines) is 1. The zero-order valence-corrected chi connectivity index (χ0v) is 15.0. The summed E-state index contributed by atoms with van der Waals surface area (Å²) in [7, 11) is 0. The van der Waals surface area contributed by atoms with Crippen molar-refractivity contribution in [3.8, 4) is 11.5 Å². The van der Waals surface area contributed by atoms with Crippen LogP contribution < -0.4 is 4.74 Å². The summed E-state index contributed by atoms with van der Waals surface area (Å²) in [5, 5.41) is 33.2. The predicted molar refractivity (Wildman–Crippen MR) is 95.4 cm³/mol. The van der Waals surface area contributed by atoms with Crippen molar-refractivity contribution in [3.63, 3.8) is 0 Å². The van der Waals surface area contributed by atoms with Crippen LogP contribution >= 0.6 is 0 Å². The normalized spacial score (nSPS) is 43.5. The number of phenolic OH excluding ortho intramolecular Hbond substituents is 1. The van der Waals surface area contributed by atoms with Crippen LogP contribution in [-0.2, 0) is 11.8 Å². The molecule has 140 valence electrons. The van der Waals surface area contributed by atoms with Gasteiger partial charge in [0.05, 0.1) is 17.1 Å². The van der Waals surface area contributed by atoms with Crippen molar-refractivity contribution in [1.82, 2.24) is 4.90 Å². The van der Waals surface area contributed by atoms with Crippen molar-refractivity contribution in [2.24, 2.45) is 5.92 Å². The summed E-state index contributed by atoms with van der Waals surface area (Å²) in [4.78, 5) is 2.53. The van der Waals surface area contributed by atoms with Gasteiger partial charge in [-0.3, -0.25) is 4.90 Å². The lowest BCUT2D eigenvalue weighted by molar-refractivity contribution is -0.209. The van der Waals surface area contributed by atoms with Gasteiger partial charge in [-0.15, -0.1) is 0 Å².